The van der Waals surface area contributed by atoms with Gasteiger partial charge in [-0.25, -0.2) is 0 Å². The molecule has 2 fully saturated rings. The van der Waals surface area contributed by atoms with Gasteiger partial charge in [0.1, 0.15) is 6.42 Å². The number of nitrogens with zero attached hydrogens (tertiary/aromatic N) is 2. The van der Waals surface area contributed by atoms with Crippen molar-refractivity contribution in [2.75, 3.05) is 32.7 Å². The van der Waals surface area contributed by atoms with Crippen LogP contribution in [0, 0.1) is 0 Å². The molecule has 1 aromatic rings. The quantitative estimate of drug-likeness (QED) is 0.797. The highest BCUT2D eigenvalue weighted by molar-refractivity contribution is 5.97. The Labute approximate surface area is 156 Å². The summed E-state index contributed by atoms with van der Waals surface area (Å²) in [4.78, 5) is 28.5. The Kier molecular flexibility index (Phi) is 6.83. The van der Waals surface area contributed by atoms with Gasteiger partial charge < -0.3 is 10.2 Å². The summed E-state index contributed by atoms with van der Waals surface area (Å²) in [7, 11) is 0. The molecule has 5 heteroatoms. The molecule has 0 unspecified atom stereocenters. The first-order valence-corrected chi connectivity index (χ1v) is 9.72. The second kappa shape index (κ2) is 9.53. The van der Waals surface area contributed by atoms with Gasteiger partial charge in [0, 0.05) is 38.8 Å². The maximum Gasteiger partial charge on any atom is 0.232 e. The summed E-state index contributed by atoms with van der Waals surface area (Å²) in [5, 5.41) is 3.00. The topological polar surface area (TPSA) is 52.7 Å². The Morgan fingerprint density at radius 1 is 1.04 bits per heavy atom. The summed E-state index contributed by atoms with van der Waals surface area (Å²) in [5.74, 6) is -0.157. The fraction of sp³-hybridized carbons (Fsp3) is 0.524. The van der Waals surface area contributed by atoms with E-state index in [0.29, 0.717) is 13.1 Å². The lowest BCUT2D eigenvalue weighted by Gasteiger charge is -2.34. The molecule has 1 aliphatic carbocycles. The molecule has 26 heavy (non-hydrogen) atoms. The highest BCUT2D eigenvalue weighted by atomic mass is 16.2. The predicted octanol–water partition coefficient (Wildman–Crippen LogP) is 2.29. The van der Waals surface area contributed by atoms with Crippen LogP contribution in [0.3, 0.4) is 0 Å². The number of piperazine rings is 1. The lowest BCUT2D eigenvalue weighted by atomic mass is 10.2. The van der Waals surface area contributed by atoms with Gasteiger partial charge in [-0.15, -0.1) is 0 Å². The molecule has 1 heterocycles. The fourth-order valence-corrected chi connectivity index (χ4v) is 3.68. The van der Waals surface area contributed by atoms with Gasteiger partial charge >= 0.3 is 0 Å². The Morgan fingerprint density at radius 3 is 2.42 bits per heavy atom. The van der Waals surface area contributed by atoms with Crippen LogP contribution < -0.4 is 5.32 Å². The van der Waals surface area contributed by atoms with Crippen LogP contribution >= 0.6 is 0 Å². The van der Waals surface area contributed by atoms with Crippen molar-refractivity contribution in [3.8, 4) is 0 Å². The molecule has 1 aromatic carbocycles. The van der Waals surface area contributed by atoms with Crippen molar-refractivity contribution in [1.29, 1.82) is 0 Å². The molecule has 2 amide bonds. The van der Waals surface area contributed by atoms with Crippen molar-refractivity contribution in [2.24, 2.45) is 0 Å². The zero-order valence-electron chi connectivity index (χ0n) is 15.4. The molecule has 1 N–H and O–H groups in total. The van der Waals surface area contributed by atoms with Gasteiger partial charge in [-0.05, 0) is 18.4 Å². The summed E-state index contributed by atoms with van der Waals surface area (Å²) in [6.07, 6.45) is 8.75. The Hall–Kier alpha value is -2.14. The van der Waals surface area contributed by atoms with Gasteiger partial charge in [-0.3, -0.25) is 14.5 Å². The van der Waals surface area contributed by atoms with E-state index in [-0.39, 0.29) is 24.3 Å². The Balaban J connectivity index is 1.35. The lowest BCUT2D eigenvalue weighted by Crippen LogP contribution is -2.49. The predicted molar refractivity (Wildman–Crippen MR) is 104 cm³/mol. The van der Waals surface area contributed by atoms with E-state index in [4.69, 9.17) is 0 Å². The number of nitrogens with one attached hydrogen (secondary N) is 1. The summed E-state index contributed by atoms with van der Waals surface area (Å²) < 4.78 is 0. The van der Waals surface area contributed by atoms with Gasteiger partial charge in [0.2, 0.25) is 11.8 Å². The van der Waals surface area contributed by atoms with Crippen LogP contribution in [0.15, 0.2) is 36.4 Å². The molecule has 140 valence electrons. The largest absolute Gasteiger partial charge is 0.353 e. The van der Waals surface area contributed by atoms with Crippen molar-refractivity contribution in [1.82, 2.24) is 15.1 Å². The van der Waals surface area contributed by atoms with Crippen molar-refractivity contribution in [2.45, 2.75) is 38.1 Å². The van der Waals surface area contributed by atoms with E-state index in [0.717, 1.165) is 32.5 Å². The summed E-state index contributed by atoms with van der Waals surface area (Å²) in [6.45, 7) is 4.01. The first-order chi connectivity index (χ1) is 12.7. The van der Waals surface area contributed by atoms with Gasteiger partial charge in [-0.2, -0.15) is 0 Å². The second-order valence-electron chi connectivity index (χ2n) is 7.22. The van der Waals surface area contributed by atoms with Crippen LogP contribution in [0.4, 0.5) is 0 Å². The van der Waals surface area contributed by atoms with Crippen molar-refractivity contribution >= 4 is 17.9 Å². The van der Waals surface area contributed by atoms with Crippen molar-refractivity contribution < 1.29 is 9.59 Å². The zero-order chi connectivity index (χ0) is 18.2. The Bertz CT molecular complexity index is 615. The monoisotopic (exact) mass is 355 g/mol. The van der Waals surface area contributed by atoms with E-state index in [1.54, 1.807) is 0 Å². The molecular formula is C21H29N3O2. The van der Waals surface area contributed by atoms with Gasteiger partial charge in [0.25, 0.3) is 0 Å². The number of amides is 2. The maximum absolute atomic E-state index is 12.3. The highest BCUT2D eigenvalue weighted by Crippen LogP contribution is 2.17. The minimum atomic E-state index is -0.116. The van der Waals surface area contributed by atoms with Crippen LogP contribution in [0.1, 0.15) is 37.7 Å². The molecule has 5 nitrogen and oxygen atoms in total. The summed E-state index contributed by atoms with van der Waals surface area (Å²) >= 11 is 0. The average molecular weight is 355 g/mol. The van der Waals surface area contributed by atoms with Crippen molar-refractivity contribution in [3.63, 3.8) is 0 Å². The number of hydrogen-bond acceptors (Lipinski definition) is 3. The average Bonchev–Trinajstić information content (AvgIpc) is 3.16. The number of hydrogen-bond donors (Lipinski definition) is 1. The Morgan fingerprint density at radius 2 is 1.73 bits per heavy atom. The SMILES string of the molecule is O=C(CC(=O)N1CCN(C/C=C/c2ccccc2)CC1)NC1CCCC1. The highest BCUT2D eigenvalue weighted by Gasteiger charge is 2.24. The molecule has 2 aliphatic rings. The standard InChI is InChI=1S/C21H29N3O2/c25-20(22-19-10-4-5-11-19)17-21(26)24-15-13-23(14-16-24)12-6-9-18-7-2-1-3-8-18/h1-3,6-9,19H,4-5,10-17H2,(H,22,25)/b9-6+. The third kappa shape index (κ3) is 5.70. The number of rotatable bonds is 6. The molecule has 0 bridgehead atoms. The summed E-state index contributed by atoms with van der Waals surface area (Å²) in [5.41, 5.74) is 1.20. The van der Waals surface area contributed by atoms with Crippen LogP contribution in [-0.2, 0) is 9.59 Å². The minimum absolute atomic E-state index is 0.00951. The molecular weight excluding hydrogens is 326 g/mol. The normalized spacial score (nSPS) is 19.2. The summed E-state index contributed by atoms with van der Waals surface area (Å²) in [6, 6.07) is 10.5. The molecule has 0 aromatic heterocycles. The first kappa shape index (κ1) is 18.6. The molecule has 1 saturated carbocycles. The van der Waals surface area contributed by atoms with Crippen LogP contribution in [-0.4, -0.2) is 60.4 Å². The smallest absolute Gasteiger partial charge is 0.232 e. The first-order valence-electron chi connectivity index (χ1n) is 9.72. The fourth-order valence-electron chi connectivity index (χ4n) is 3.68. The van der Waals surface area contributed by atoms with Gasteiger partial charge in [0.15, 0.2) is 0 Å². The van der Waals surface area contributed by atoms with E-state index in [1.165, 1.54) is 18.4 Å². The number of benzene rings is 1. The van der Waals surface area contributed by atoms with Gasteiger partial charge in [0.05, 0.1) is 0 Å². The zero-order valence-corrected chi connectivity index (χ0v) is 15.4. The lowest BCUT2D eigenvalue weighted by molar-refractivity contribution is -0.137. The molecule has 1 aliphatic heterocycles. The number of carbonyl (C=O) groups excluding carboxylic acids is 2. The molecule has 0 spiro atoms. The van der Waals surface area contributed by atoms with Crippen LogP contribution in [0.2, 0.25) is 0 Å². The minimum Gasteiger partial charge on any atom is -0.353 e. The molecule has 0 atom stereocenters. The van der Waals surface area contributed by atoms with Crippen molar-refractivity contribution in [3.05, 3.63) is 42.0 Å². The number of carbonyl (C=O) groups is 2. The molecule has 0 radical (unpaired) electrons. The van der Waals surface area contributed by atoms with E-state index in [9.17, 15) is 9.59 Å². The molecule has 3 rings (SSSR count). The van der Waals surface area contributed by atoms with E-state index < -0.39 is 0 Å². The third-order valence-electron chi connectivity index (χ3n) is 5.23. The third-order valence-corrected chi connectivity index (χ3v) is 5.23. The maximum atomic E-state index is 12.3. The van der Waals surface area contributed by atoms with E-state index >= 15 is 0 Å². The van der Waals surface area contributed by atoms with Gasteiger partial charge in [-0.1, -0.05) is 55.3 Å². The van der Waals surface area contributed by atoms with E-state index in [1.807, 2.05) is 23.1 Å². The van der Waals surface area contributed by atoms with E-state index in [2.05, 4.69) is 34.5 Å². The van der Waals surface area contributed by atoms with Crippen LogP contribution in [0.5, 0.6) is 0 Å². The molecule has 1 saturated heterocycles. The second-order valence-corrected chi connectivity index (χ2v) is 7.22. The van der Waals surface area contributed by atoms with Crippen LogP contribution in [0.25, 0.3) is 6.08 Å².